The fourth-order valence-corrected chi connectivity index (χ4v) is 9.93. The summed E-state index contributed by atoms with van der Waals surface area (Å²) in [5.74, 6) is -6.87. The summed E-state index contributed by atoms with van der Waals surface area (Å²) in [6.45, 7) is 18.1. The minimum atomic E-state index is -1.78. The van der Waals surface area contributed by atoms with Crippen LogP contribution in [-0.4, -0.2) is 131 Å². The maximum Gasteiger partial charge on any atom is 0.408 e. The number of esters is 3. The van der Waals surface area contributed by atoms with Crippen LogP contribution >= 0.6 is 0 Å². The van der Waals surface area contributed by atoms with E-state index in [0.717, 1.165) is 16.8 Å². The smallest absolute Gasteiger partial charge is 0.408 e. The third-order valence-corrected chi connectivity index (χ3v) is 13.6. The minimum Gasteiger partial charge on any atom is -0.461 e. The van der Waals surface area contributed by atoms with Gasteiger partial charge in [-0.25, -0.2) is 9.59 Å². The van der Waals surface area contributed by atoms with E-state index >= 15 is 0 Å². The van der Waals surface area contributed by atoms with Crippen LogP contribution in [0.2, 0.25) is 0 Å². The summed E-state index contributed by atoms with van der Waals surface area (Å²) >= 11 is 0. The Kier molecular flexibility index (Phi) is 17.7. The van der Waals surface area contributed by atoms with Gasteiger partial charge in [-0.1, -0.05) is 78.0 Å². The number of carbonyl (C=O) groups is 6. The van der Waals surface area contributed by atoms with Crippen molar-refractivity contribution in [3.8, 4) is 11.3 Å². The van der Waals surface area contributed by atoms with E-state index in [9.17, 15) is 28.8 Å². The van der Waals surface area contributed by atoms with Crippen LogP contribution in [0.15, 0.2) is 42.6 Å². The molecular formula is C50H73N5O13. The fraction of sp³-hybridized carbons (Fsp3) is 0.660. The molecule has 2 aromatic rings. The van der Waals surface area contributed by atoms with Crippen molar-refractivity contribution in [1.82, 2.24) is 25.3 Å². The molecule has 0 bridgehead atoms. The average Bonchev–Trinajstić information content (AvgIpc) is 3.85. The van der Waals surface area contributed by atoms with E-state index in [-0.39, 0.29) is 31.2 Å². The number of hydrogen-bond acceptors (Lipinski definition) is 15. The van der Waals surface area contributed by atoms with Gasteiger partial charge in [-0.3, -0.25) is 23.9 Å². The first-order chi connectivity index (χ1) is 31.9. The van der Waals surface area contributed by atoms with Gasteiger partial charge in [-0.05, 0) is 72.7 Å². The quantitative estimate of drug-likeness (QED) is 0.178. The maximum atomic E-state index is 14.8. The number of aromatic nitrogens is 2. The molecule has 68 heavy (non-hydrogen) atoms. The monoisotopic (exact) mass is 952 g/mol. The van der Waals surface area contributed by atoms with Crippen molar-refractivity contribution in [1.29, 1.82) is 0 Å². The van der Waals surface area contributed by atoms with Crippen LogP contribution < -0.4 is 10.6 Å². The van der Waals surface area contributed by atoms with Gasteiger partial charge in [-0.15, -0.1) is 0 Å². The molecule has 1 aromatic carbocycles. The number of Topliss-reactive ketones (excluding diaryl/α,β-unsaturated/α-hetero) is 1. The Morgan fingerprint density at radius 1 is 1.00 bits per heavy atom. The van der Waals surface area contributed by atoms with Gasteiger partial charge in [0.25, 0.3) is 0 Å². The Balaban J connectivity index is 1.60. The number of ketones is 1. The van der Waals surface area contributed by atoms with Gasteiger partial charge in [0.2, 0.25) is 0 Å². The predicted molar refractivity (Wildman–Crippen MR) is 250 cm³/mol. The SMILES string of the molecule is CC[C@H]1OC(=O)[C@H](C)[C@@H](OC(=O)C(C)C)[C@H](C)[C@@H](O[C@@H]2O[C@H](C)C[C@H](N(C)C)[C@H]2OC(C)=O)[C@](C)(OC(=O)NCC=Cc2ccc(-c3ccn(C)n3)cc2)C[C@@H](C)C(=O)[C@H](C)[C@H]2NC(=O)O[C@@]21C. The van der Waals surface area contributed by atoms with Crippen LogP contribution in [0.4, 0.5) is 9.59 Å². The summed E-state index contributed by atoms with van der Waals surface area (Å²) < 4.78 is 45.9. The van der Waals surface area contributed by atoms with E-state index in [1.54, 1.807) is 73.1 Å². The zero-order valence-electron chi connectivity index (χ0n) is 42.1. The highest BCUT2D eigenvalue weighted by Crippen LogP contribution is 2.42. The molecule has 0 spiro atoms. The first kappa shape index (κ1) is 53.6. The fourth-order valence-electron chi connectivity index (χ4n) is 9.93. The molecule has 2 N–H and O–H groups in total. The van der Waals surface area contributed by atoms with Crippen LogP contribution in [0.5, 0.6) is 0 Å². The normalized spacial score (nSPS) is 33.8. The molecule has 14 atom stereocenters. The Morgan fingerprint density at radius 2 is 1.68 bits per heavy atom. The van der Waals surface area contributed by atoms with Gasteiger partial charge in [0.05, 0.1) is 35.7 Å². The van der Waals surface area contributed by atoms with Gasteiger partial charge in [0.1, 0.15) is 29.7 Å². The molecule has 5 rings (SSSR count). The molecule has 1 aromatic heterocycles. The lowest BCUT2D eigenvalue weighted by Gasteiger charge is -2.48. The highest BCUT2D eigenvalue weighted by molar-refractivity contribution is 5.85. The van der Waals surface area contributed by atoms with Crippen LogP contribution in [0.25, 0.3) is 17.3 Å². The molecule has 18 nitrogen and oxygen atoms in total. The highest BCUT2D eigenvalue weighted by Gasteiger charge is 2.58. The Labute approximate surface area is 400 Å². The lowest BCUT2D eigenvalue weighted by molar-refractivity contribution is -0.301. The number of hydrogen-bond donors (Lipinski definition) is 2. The summed E-state index contributed by atoms with van der Waals surface area (Å²) in [6, 6.07) is 8.38. The van der Waals surface area contributed by atoms with E-state index in [1.807, 2.05) is 75.6 Å². The molecule has 0 aliphatic carbocycles. The summed E-state index contributed by atoms with van der Waals surface area (Å²) in [5, 5.41) is 10.0. The molecule has 0 saturated carbocycles. The highest BCUT2D eigenvalue weighted by atomic mass is 16.7. The number of likely N-dealkylation sites (N-methyl/N-ethyl adjacent to an activating group) is 1. The van der Waals surface area contributed by atoms with Crippen molar-refractivity contribution in [3.63, 3.8) is 0 Å². The van der Waals surface area contributed by atoms with E-state index in [4.69, 9.17) is 33.2 Å². The zero-order chi connectivity index (χ0) is 50.4. The van der Waals surface area contributed by atoms with Crippen LogP contribution in [-0.2, 0) is 59.4 Å². The second kappa shape index (κ2) is 22.4. The molecule has 3 saturated heterocycles. The number of nitrogens with zero attached hydrogens (tertiary/aromatic N) is 3. The second-order valence-corrected chi connectivity index (χ2v) is 19.7. The van der Waals surface area contributed by atoms with E-state index in [0.29, 0.717) is 6.42 Å². The van der Waals surface area contributed by atoms with Crippen LogP contribution in [0.3, 0.4) is 0 Å². The number of amides is 2. The van der Waals surface area contributed by atoms with Crippen molar-refractivity contribution < 1.29 is 61.9 Å². The molecule has 4 heterocycles. The second-order valence-electron chi connectivity index (χ2n) is 19.7. The third-order valence-electron chi connectivity index (χ3n) is 13.6. The largest absolute Gasteiger partial charge is 0.461 e. The molecule has 2 amide bonds. The number of cyclic esters (lactones) is 1. The molecular weight excluding hydrogens is 879 g/mol. The standard InChI is InChI=1S/C50H73N5O13/c1-15-38-50(11)42(52-48(61)68-50)30(6)39(57)28(4)26-49(10,67-47(60)51-23-16-17-34-18-20-35(21-19-34)36-22-24-55(14)53-36)43(31(7)40(32(8)45(59)64-38)65-44(58)27(2)3)66-46-41(63-33(9)56)37(54(12)13)25-29(5)62-46/h16-22,24,27-32,37-38,40-43,46H,15,23,25-26H2,1-14H3,(H,51,60)(H,52,61)/t28-,29-,30+,31+,32-,37+,38-,40+,41-,42-,43-,46+,49-,50-/m1/s1. The van der Waals surface area contributed by atoms with Gasteiger partial charge in [0, 0.05) is 50.0 Å². The Bertz CT molecular complexity index is 2140. The van der Waals surface area contributed by atoms with E-state index < -0.39 is 114 Å². The first-order valence-electron chi connectivity index (χ1n) is 23.7. The first-order valence-corrected chi connectivity index (χ1v) is 23.7. The van der Waals surface area contributed by atoms with E-state index in [2.05, 4.69) is 15.7 Å². The lowest BCUT2D eigenvalue weighted by atomic mass is 9.73. The summed E-state index contributed by atoms with van der Waals surface area (Å²) in [7, 11) is 5.55. The lowest BCUT2D eigenvalue weighted by Crippen LogP contribution is -2.62. The molecule has 0 unspecified atom stereocenters. The number of benzene rings is 1. The number of carbonyl (C=O) groups excluding carboxylic acids is 6. The van der Waals surface area contributed by atoms with Gasteiger partial charge >= 0.3 is 30.1 Å². The maximum absolute atomic E-state index is 14.8. The molecule has 3 aliphatic rings. The van der Waals surface area contributed by atoms with E-state index in [1.165, 1.54) is 6.92 Å². The van der Waals surface area contributed by atoms with Gasteiger partial charge in [0.15, 0.2) is 18.0 Å². The van der Waals surface area contributed by atoms with Crippen LogP contribution in [0, 0.1) is 29.6 Å². The zero-order valence-corrected chi connectivity index (χ0v) is 42.1. The summed E-state index contributed by atoms with van der Waals surface area (Å²) in [6.07, 6.45) is -1.95. The number of aryl methyl sites for hydroxylation is 1. The number of fused-ring (bicyclic) bond motifs is 1. The van der Waals surface area contributed by atoms with Crippen molar-refractivity contribution >= 4 is 42.0 Å². The van der Waals surface area contributed by atoms with Crippen molar-refractivity contribution in [2.45, 2.75) is 156 Å². The van der Waals surface area contributed by atoms with Crippen molar-refractivity contribution in [2.75, 3.05) is 20.6 Å². The van der Waals surface area contributed by atoms with Crippen molar-refractivity contribution in [2.24, 2.45) is 36.6 Å². The number of alkyl carbamates (subject to hydrolysis) is 2. The predicted octanol–water partition coefficient (Wildman–Crippen LogP) is 6.24. The van der Waals surface area contributed by atoms with Gasteiger partial charge in [-0.2, -0.15) is 5.10 Å². The molecule has 3 aliphatic heterocycles. The molecule has 376 valence electrons. The third kappa shape index (κ3) is 12.5. The minimum absolute atomic E-state index is 0.0435. The van der Waals surface area contributed by atoms with Crippen molar-refractivity contribution in [3.05, 3.63) is 48.2 Å². The molecule has 3 fully saturated rings. The number of rotatable bonds is 12. The summed E-state index contributed by atoms with van der Waals surface area (Å²) in [4.78, 5) is 84.8. The Hall–Kier alpha value is -5.33. The molecule has 18 heteroatoms. The number of ether oxygens (including phenoxy) is 7. The van der Waals surface area contributed by atoms with Crippen LogP contribution in [0.1, 0.15) is 101 Å². The van der Waals surface area contributed by atoms with Gasteiger partial charge < -0.3 is 48.7 Å². The number of nitrogens with one attached hydrogen (secondary N) is 2. The summed E-state index contributed by atoms with van der Waals surface area (Å²) in [5.41, 5.74) is -0.582. The topological polar surface area (TPSA) is 212 Å². The Morgan fingerprint density at radius 3 is 2.26 bits per heavy atom. The molecule has 0 radical (unpaired) electrons. The average molecular weight is 952 g/mol.